The Labute approximate surface area is 198 Å². The standard InChI is InChI=1S/C27H38N2O4/c1-6-8-17-28-27(31)23(7-2)29(19-22-12-10-9-11-20(22)3)26(30)16-14-21-13-15-24(32-4)25(18-21)33-5/h9-13,15,18,23H,6-8,14,16-17,19H2,1-5H3,(H,28,31). The number of rotatable bonds is 13. The number of hydrogen-bond acceptors (Lipinski definition) is 4. The molecule has 0 spiro atoms. The molecule has 0 fully saturated rings. The maximum Gasteiger partial charge on any atom is 0.242 e. The molecule has 2 amide bonds. The number of nitrogens with zero attached hydrogens (tertiary/aromatic N) is 1. The summed E-state index contributed by atoms with van der Waals surface area (Å²) in [6.07, 6.45) is 3.35. The predicted molar refractivity (Wildman–Crippen MR) is 132 cm³/mol. The van der Waals surface area contributed by atoms with Crippen molar-refractivity contribution >= 4 is 11.8 Å². The summed E-state index contributed by atoms with van der Waals surface area (Å²) in [5.74, 6) is 1.18. The first-order valence-electron chi connectivity index (χ1n) is 11.8. The topological polar surface area (TPSA) is 67.9 Å². The van der Waals surface area contributed by atoms with E-state index in [2.05, 4.69) is 12.2 Å². The van der Waals surface area contributed by atoms with Crippen LogP contribution in [0, 0.1) is 6.92 Å². The molecule has 0 saturated heterocycles. The fraction of sp³-hybridized carbons (Fsp3) is 0.481. The van der Waals surface area contributed by atoms with E-state index in [0.29, 0.717) is 43.9 Å². The number of aryl methyl sites for hydroxylation is 2. The first-order valence-corrected chi connectivity index (χ1v) is 11.8. The number of carbonyl (C=O) groups excluding carboxylic acids is 2. The van der Waals surface area contributed by atoms with Crippen LogP contribution >= 0.6 is 0 Å². The van der Waals surface area contributed by atoms with Crippen LogP contribution in [0.3, 0.4) is 0 Å². The third-order valence-corrected chi connectivity index (χ3v) is 5.89. The van der Waals surface area contributed by atoms with Crippen molar-refractivity contribution in [2.24, 2.45) is 0 Å². The normalized spacial score (nSPS) is 11.5. The summed E-state index contributed by atoms with van der Waals surface area (Å²) >= 11 is 0. The third-order valence-electron chi connectivity index (χ3n) is 5.89. The number of hydrogen-bond donors (Lipinski definition) is 1. The minimum Gasteiger partial charge on any atom is -0.493 e. The summed E-state index contributed by atoms with van der Waals surface area (Å²) in [5, 5.41) is 3.01. The average molecular weight is 455 g/mol. The first kappa shape index (κ1) is 26.2. The highest BCUT2D eigenvalue weighted by atomic mass is 16.5. The van der Waals surface area contributed by atoms with Crippen molar-refractivity contribution in [1.29, 1.82) is 0 Å². The molecule has 0 aromatic heterocycles. The van der Waals surface area contributed by atoms with Gasteiger partial charge in [-0.05, 0) is 55.0 Å². The Morgan fingerprint density at radius 2 is 1.76 bits per heavy atom. The zero-order valence-corrected chi connectivity index (χ0v) is 20.6. The fourth-order valence-electron chi connectivity index (χ4n) is 3.83. The van der Waals surface area contributed by atoms with Crippen molar-refractivity contribution in [3.05, 3.63) is 59.2 Å². The van der Waals surface area contributed by atoms with E-state index in [-0.39, 0.29) is 11.8 Å². The lowest BCUT2D eigenvalue weighted by molar-refractivity contribution is -0.141. The molecule has 2 aromatic rings. The monoisotopic (exact) mass is 454 g/mol. The largest absolute Gasteiger partial charge is 0.493 e. The summed E-state index contributed by atoms with van der Waals surface area (Å²) in [6.45, 7) is 7.12. The Balaban J connectivity index is 2.21. The van der Waals surface area contributed by atoms with E-state index < -0.39 is 6.04 Å². The van der Waals surface area contributed by atoms with Gasteiger partial charge in [-0.1, -0.05) is 50.6 Å². The highest BCUT2D eigenvalue weighted by Gasteiger charge is 2.28. The molecule has 0 saturated carbocycles. The molecule has 180 valence electrons. The maximum atomic E-state index is 13.4. The molecular weight excluding hydrogens is 416 g/mol. The molecule has 1 atom stereocenters. The molecular formula is C27H38N2O4. The average Bonchev–Trinajstić information content (AvgIpc) is 2.83. The van der Waals surface area contributed by atoms with Gasteiger partial charge in [0.2, 0.25) is 11.8 Å². The lowest BCUT2D eigenvalue weighted by Crippen LogP contribution is -2.49. The van der Waals surface area contributed by atoms with E-state index in [4.69, 9.17) is 9.47 Å². The molecule has 0 aliphatic rings. The summed E-state index contributed by atoms with van der Waals surface area (Å²) in [7, 11) is 3.20. The molecule has 6 nitrogen and oxygen atoms in total. The molecule has 1 unspecified atom stereocenters. The van der Waals surface area contributed by atoms with E-state index in [1.807, 2.05) is 56.3 Å². The van der Waals surface area contributed by atoms with E-state index in [1.165, 1.54) is 0 Å². The van der Waals surface area contributed by atoms with Gasteiger partial charge in [0, 0.05) is 19.5 Å². The van der Waals surface area contributed by atoms with Crippen LogP contribution in [0.4, 0.5) is 0 Å². The second-order valence-electron chi connectivity index (χ2n) is 8.21. The van der Waals surface area contributed by atoms with Crippen molar-refractivity contribution in [1.82, 2.24) is 10.2 Å². The molecule has 33 heavy (non-hydrogen) atoms. The Bertz CT molecular complexity index is 913. The molecule has 2 aromatic carbocycles. The van der Waals surface area contributed by atoms with Crippen molar-refractivity contribution in [3.63, 3.8) is 0 Å². The smallest absolute Gasteiger partial charge is 0.242 e. The lowest BCUT2D eigenvalue weighted by atomic mass is 10.0. The fourth-order valence-corrected chi connectivity index (χ4v) is 3.83. The molecule has 0 radical (unpaired) electrons. The van der Waals surface area contributed by atoms with Gasteiger partial charge in [0.05, 0.1) is 14.2 Å². The molecule has 0 aliphatic carbocycles. The highest BCUT2D eigenvalue weighted by molar-refractivity contribution is 5.87. The van der Waals surface area contributed by atoms with E-state index in [0.717, 1.165) is 29.5 Å². The number of benzene rings is 2. The highest BCUT2D eigenvalue weighted by Crippen LogP contribution is 2.28. The van der Waals surface area contributed by atoms with Gasteiger partial charge >= 0.3 is 0 Å². The SMILES string of the molecule is CCCCNC(=O)C(CC)N(Cc1ccccc1C)C(=O)CCc1ccc(OC)c(OC)c1. The minimum atomic E-state index is -0.501. The maximum absolute atomic E-state index is 13.4. The van der Waals surface area contributed by atoms with E-state index in [9.17, 15) is 9.59 Å². The van der Waals surface area contributed by atoms with Crippen molar-refractivity contribution in [3.8, 4) is 11.5 Å². The van der Waals surface area contributed by atoms with Crippen LogP contribution in [0.2, 0.25) is 0 Å². The van der Waals surface area contributed by atoms with Gasteiger partial charge in [0.1, 0.15) is 6.04 Å². The van der Waals surface area contributed by atoms with Crippen molar-refractivity contribution in [2.45, 2.75) is 65.5 Å². The quantitative estimate of drug-likeness (QED) is 0.447. The third kappa shape index (κ3) is 7.52. The van der Waals surface area contributed by atoms with Crippen LogP contribution in [0.15, 0.2) is 42.5 Å². The van der Waals surface area contributed by atoms with Gasteiger partial charge in [0.15, 0.2) is 11.5 Å². The van der Waals surface area contributed by atoms with Crippen LogP contribution < -0.4 is 14.8 Å². The zero-order valence-electron chi connectivity index (χ0n) is 20.6. The van der Waals surface area contributed by atoms with Gasteiger partial charge in [-0.25, -0.2) is 0 Å². The number of nitrogens with one attached hydrogen (secondary N) is 1. The van der Waals surface area contributed by atoms with Crippen molar-refractivity contribution < 1.29 is 19.1 Å². The van der Waals surface area contributed by atoms with Crippen molar-refractivity contribution in [2.75, 3.05) is 20.8 Å². The molecule has 1 N–H and O–H groups in total. The molecule has 0 aliphatic heterocycles. The summed E-state index contributed by atoms with van der Waals surface area (Å²) < 4.78 is 10.7. The van der Waals surface area contributed by atoms with Crippen LogP contribution in [0.5, 0.6) is 11.5 Å². The Morgan fingerprint density at radius 1 is 1.03 bits per heavy atom. The molecule has 0 bridgehead atoms. The van der Waals surface area contributed by atoms with Gasteiger partial charge < -0.3 is 19.7 Å². The van der Waals surface area contributed by atoms with Gasteiger partial charge in [-0.2, -0.15) is 0 Å². The Kier molecular flexibility index (Phi) is 10.7. The molecule has 2 rings (SSSR count). The Hall–Kier alpha value is -3.02. The summed E-state index contributed by atoms with van der Waals surface area (Å²) in [6, 6.07) is 13.2. The number of carbonyl (C=O) groups is 2. The lowest BCUT2D eigenvalue weighted by Gasteiger charge is -2.31. The van der Waals surface area contributed by atoms with E-state index in [1.54, 1.807) is 19.1 Å². The number of unbranched alkanes of at least 4 members (excludes halogenated alkanes) is 1. The van der Waals surface area contributed by atoms with Crippen LogP contribution in [-0.4, -0.2) is 43.5 Å². The van der Waals surface area contributed by atoms with Gasteiger partial charge in [0.25, 0.3) is 0 Å². The minimum absolute atomic E-state index is 0.0365. The van der Waals surface area contributed by atoms with Crippen LogP contribution in [-0.2, 0) is 22.6 Å². The molecule has 0 heterocycles. The predicted octanol–water partition coefficient (Wildman–Crippen LogP) is 4.67. The first-order chi connectivity index (χ1) is 15.9. The molecule has 6 heteroatoms. The summed E-state index contributed by atoms with van der Waals surface area (Å²) in [5.41, 5.74) is 3.14. The number of amides is 2. The van der Waals surface area contributed by atoms with Gasteiger partial charge in [-0.3, -0.25) is 9.59 Å². The van der Waals surface area contributed by atoms with Gasteiger partial charge in [-0.15, -0.1) is 0 Å². The second kappa shape index (κ2) is 13.5. The Morgan fingerprint density at radius 3 is 2.39 bits per heavy atom. The van der Waals surface area contributed by atoms with Crippen LogP contribution in [0.1, 0.15) is 56.2 Å². The number of methoxy groups -OCH3 is 2. The van der Waals surface area contributed by atoms with E-state index >= 15 is 0 Å². The second-order valence-corrected chi connectivity index (χ2v) is 8.21. The number of ether oxygens (including phenoxy) is 2. The zero-order chi connectivity index (χ0) is 24.2. The summed E-state index contributed by atoms with van der Waals surface area (Å²) in [4.78, 5) is 28.1. The van der Waals surface area contributed by atoms with Crippen LogP contribution in [0.25, 0.3) is 0 Å².